The van der Waals surface area contributed by atoms with Crippen molar-refractivity contribution in [1.82, 2.24) is 0 Å². The predicted octanol–water partition coefficient (Wildman–Crippen LogP) is 9.13. The van der Waals surface area contributed by atoms with E-state index in [-0.39, 0.29) is 17.2 Å². The van der Waals surface area contributed by atoms with Crippen molar-refractivity contribution in [3.63, 3.8) is 0 Å². The topological polar surface area (TPSA) is 62.4 Å². The van der Waals surface area contributed by atoms with Crippen LogP contribution in [0.2, 0.25) is 0 Å². The first-order valence-electron chi connectivity index (χ1n) is 11.8. The molecule has 7 heteroatoms. The maximum Gasteiger partial charge on any atom is 0.416 e. The minimum absolute atomic E-state index is 0.107. The van der Waals surface area contributed by atoms with E-state index in [0.717, 1.165) is 34.4 Å². The molecule has 0 aliphatic rings. The van der Waals surface area contributed by atoms with Crippen molar-refractivity contribution in [2.75, 3.05) is 0 Å². The standard InChI is InChI=1S/C31H21F3N2O2/c1-19-6-10-21(11-7-19)28-26(17-35)30(38-29(28)22-12-8-20(2)9-13-22)36-18-25-14-15-27(37-25)23-4-3-5-24(16-23)31(32,33)34/h3-16,18H,1-2H3. The zero-order valence-corrected chi connectivity index (χ0v) is 20.5. The molecule has 0 aliphatic heterocycles. The highest BCUT2D eigenvalue weighted by Crippen LogP contribution is 2.42. The van der Waals surface area contributed by atoms with Crippen LogP contribution in [0.1, 0.15) is 28.0 Å². The number of nitriles is 1. The summed E-state index contributed by atoms with van der Waals surface area (Å²) in [5.74, 6) is 1.18. The second-order valence-electron chi connectivity index (χ2n) is 8.87. The Morgan fingerprint density at radius 3 is 2.08 bits per heavy atom. The van der Waals surface area contributed by atoms with Crippen LogP contribution in [0.25, 0.3) is 33.8 Å². The third kappa shape index (κ3) is 5.02. The number of benzene rings is 3. The molecule has 0 fully saturated rings. The molecule has 38 heavy (non-hydrogen) atoms. The number of furan rings is 2. The quantitative estimate of drug-likeness (QED) is 0.222. The van der Waals surface area contributed by atoms with Crippen molar-refractivity contribution < 1.29 is 22.0 Å². The molecule has 0 N–H and O–H groups in total. The number of hydrogen-bond acceptors (Lipinski definition) is 4. The Bertz CT molecular complexity index is 1670. The van der Waals surface area contributed by atoms with Gasteiger partial charge in [0.15, 0.2) is 0 Å². The van der Waals surface area contributed by atoms with Crippen molar-refractivity contribution >= 4 is 12.1 Å². The third-order valence-corrected chi connectivity index (χ3v) is 6.07. The molecule has 0 aliphatic carbocycles. The van der Waals surface area contributed by atoms with Gasteiger partial charge in [0.1, 0.15) is 28.9 Å². The lowest BCUT2D eigenvalue weighted by atomic mass is 9.97. The number of hydrogen-bond donors (Lipinski definition) is 0. The van der Waals surface area contributed by atoms with Gasteiger partial charge >= 0.3 is 6.18 Å². The number of halogens is 3. The molecule has 2 heterocycles. The highest BCUT2D eigenvalue weighted by Gasteiger charge is 2.30. The lowest BCUT2D eigenvalue weighted by Crippen LogP contribution is -2.04. The Balaban J connectivity index is 1.54. The summed E-state index contributed by atoms with van der Waals surface area (Å²) in [5, 5.41) is 10.1. The second-order valence-corrected chi connectivity index (χ2v) is 8.87. The van der Waals surface area contributed by atoms with Crippen LogP contribution in [0.5, 0.6) is 0 Å². The largest absolute Gasteiger partial charge is 0.455 e. The molecule has 2 aromatic heterocycles. The van der Waals surface area contributed by atoms with Crippen LogP contribution in [0.3, 0.4) is 0 Å². The van der Waals surface area contributed by atoms with E-state index in [4.69, 9.17) is 8.83 Å². The van der Waals surface area contributed by atoms with Gasteiger partial charge in [-0.3, -0.25) is 0 Å². The Kier molecular flexibility index (Phi) is 6.48. The van der Waals surface area contributed by atoms with Crippen LogP contribution < -0.4 is 0 Å². The van der Waals surface area contributed by atoms with Crippen LogP contribution in [-0.4, -0.2) is 6.21 Å². The summed E-state index contributed by atoms with van der Waals surface area (Å²) < 4.78 is 51.1. The molecule has 0 spiro atoms. The van der Waals surface area contributed by atoms with Gasteiger partial charge in [-0.05, 0) is 43.7 Å². The molecule has 5 rings (SSSR count). The van der Waals surface area contributed by atoms with Gasteiger partial charge in [0.25, 0.3) is 0 Å². The third-order valence-electron chi connectivity index (χ3n) is 6.07. The zero-order valence-electron chi connectivity index (χ0n) is 20.5. The predicted molar refractivity (Wildman–Crippen MR) is 140 cm³/mol. The number of nitrogens with zero attached hydrogens (tertiary/aromatic N) is 2. The summed E-state index contributed by atoms with van der Waals surface area (Å²) in [6, 6.07) is 25.8. The van der Waals surface area contributed by atoms with Gasteiger partial charge < -0.3 is 8.83 Å². The van der Waals surface area contributed by atoms with Crippen molar-refractivity contribution in [3.8, 4) is 39.8 Å². The summed E-state index contributed by atoms with van der Waals surface area (Å²) in [7, 11) is 0. The van der Waals surface area contributed by atoms with E-state index in [0.29, 0.717) is 22.6 Å². The Labute approximate surface area is 217 Å². The first-order chi connectivity index (χ1) is 18.2. The molecule has 4 nitrogen and oxygen atoms in total. The molecule has 188 valence electrons. The first kappa shape index (κ1) is 24.8. The second kappa shape index (κ2) is 9.91. The molecular weight excluding hydrogens is 489 g/mol. The normalized spacial score (nSPS) is 11.7. The monoisotopic (exact) mass is 510 g/mol. The SMILES string of the molecule is Cc1ccc(-c2oc(N=Cc3ccc(-c4cccc(C(F)(F)F)c4)o3)c(C#N)c2-c2ccc(C)cc2)cc1. The van der Waals surface area contributed by atoms with Gasteiger partial charge in [0, 0.05) is 16.7 Å². The first-order valence-corrected chi connectivity index (χ1v) is 11.8. The Hall–Kier alpha value is -4.83. The summed E-state index contributed by atoms with van der Waals surface area (Å²) in [6.45, 7) is 3.97. The molecule has 0 bridgehead atoms. The average molecular weight is 511 g/mol. The van der Waals surface area contributed by atoms with Gasteiger partial charge in [-0.25, -0.2) is 4.99 Å². The van der Waals surface area contributed by atoms with Gasteiger partial charge in [-0.2, -0.15) is 18.4 Å². The van der Waals surface area contributed by atoms with Gasteiger partial charge in [-0.1, -0.05) is 71.8 Å². The van der Waals surface area contributed by atoms with E-state index in [1.54, 1.807) is 12.1 Å². The van der Waals surface area contributed by atoms with Crippen LogP contribution in [0.4, 0.5) is 19.1 Å². The molecular formula is C31H21F3N2O2. The fourth-order valence-corrected chi connectivity index (χ4v) is 4.07. The highest BCUT2D eigenvalue weighted by molar-refractivity contribution is 5.89. The van der Waals surface area contributed by atoms with E-state index >= 15 is 0 Å². The number of alkyl halides is 3. The van der Waals surface area contributed by atoms with Crippen molar-refractivity contribution in [2.45, 2.75) is 20.0 Å². The molecule has 0 radical (unpaired) electrons. The van der Waals surface area contributed by atoms with E-state index in [9.17, 15) is 18.4 Å². The summed E-state index contributed by atoms with van der Waals surface area (Å²) in [5.41, 5.74) is 4.22. The van der Waals surface area contributed by atoms with E-state index in [2.05, 4.69) is 11.1 Å². The van der Waals surface area contributed by atoms with Crippen LogP contribution in [0, 0.1) is 25.2 Å². The van der Waals surface area contributed by atoms with E-state index < -0.39 is 11.7 Å². The summed E-state index contributed by atoms with van der Waals surface area (Å²) in [4.78, 5) is 4.39. The molecule has 0 saturated heterocycles. The van der Waals surface area contributed by atoms with E-state index in [1.807, 2.05) is 62.4 Å². The van der Waals surface area contributed by atoms with Crippen LogP contribution in [0.15, 0.2) is 98.8 Å². The lowest BCUT2D eigenvalue weighted by Gasteiger charge is -2.07. The molecule has 3 aromatic carbocycles. The minimum atomic E-state index is -4.45. The lowest BCUT2D eigenvalue weighted by molar-refractivity contribution is -0.137. The fourth-order valence-electron chi connectivity index (χ4n) is 4.07. The average Bonchev–Trinajstić information content (AvgIpc) is 3.53. The van der Waals surface area contributed by atoms with Gasteiger partial charge in [0.2, 0.25) is 5.88 Å². The Morgan fingerprint density at radius 1 is 0.789 bits per heavy atom. The zero-order chi connectivity index (χ0) is 26.9. The fraction of sp³-hybridized carbons (Fsp3) is 0.0968. The molecule has 0 atom stereocenters. The van der Waals surface area contributed by atoms with Crippen molar-refractivity contribution in [1.29, 1.82) is 5.26 Å². The molecule has 0 amide bonds. The summed E-state index contributed by atoms with van der Waals surface area (Å²) in [6.07, 6.45) is -3.07. The molecule has 0 saturated carbocycles. The van der Waals surface area contributed by atoms with Crippen molar-refractivity contribution in [3.05, 3.63) is 113 Å². The van der Waals surface area contributed by atoms with Crippen LogP contribution >= 0.6 is 0 Å². The number of rotatable bonds is 5. The Morgan fingerprint density at radius 2 is 1.45 bits per heavy atom. The number of aliphatic imine (C=N–C) groups is 1. The molecule has 5 aromatic rings. The minimum Gasteiger partial charge on any atom is -0.455 e. The van der Waals surface area contributed by atoms with Crippen LogP contribution in [-0.2, 0) is 6.18 Å². The maximum atomic E-state index is 13.1. The number of aryl methyl sites for hydroxylation is 2. The highest BCUT2D eigenvalue weighted by atomic mass is 19.4. The van der Waals surface area contributed by atoms with Gasteiger partial charge in [-0.15, -0.1) is 0 Å². The van der Waals surface area contributed by atoms with Gasteiger partial charge in [0.05, 0.1) is 11.8 Å². The maximum absolute atomic E-state index is 13.1. The van der Waals surface area contributed by atoms with Crippen molar-refractivity contribution in [2.24, 2.45) is 4.99 Å². The summed E-state index contributed by atoms with van der Waals surface area (Å²) >= 11 is 0. The molecule has 0 unspecified atom stereocenters. The van der Waals surface area contributed by atoms with E-state index in [1.165, 1.54) is 18.3 Å². The smallest absolute Gasteiger partial charge is 0.416 e.